The van der Waals surface area contributed by atoms with Gasteiger partial charge >= 0.3 is 6.09 Å². The van der Waals surface area contributed by atoms with Gasteiger partial charge in [-0.05, 0) is 66.8 Å². The lowest BCUT2D eigenvalue weighted by atomic mass is 9.97. The van der Waals surface area contributed by atoms with Crippen molar-refractivity contribution in [3.8, 4) is 0 Å². The molecule has 166 valence electrons. The highest BCUT2D eigenvalue weighted by atomic mass is 35.5. The number of para-hydroxylation sites is 1. The van der Waals surface area contributed by atoms with Gasteiger partial charge in [-0.2, -0.15) is 0 Å². The van der Waals surface area contributed by atoms with E-state index >= 15 is 0 Å². The largest absolute Gasteiger partial charge is 0.449 e. The number of nitrogens with one attached hydrogen (secondary N) is 1. The lowest BCUT2D eigenvalue weighted by Gasteiger charge is -2.33. The molecule has 0 radical (unpaired) electrons. The van der Waals surface area contributed by atoms with Crippen LogP contribution < -0.4 is 16.0 Å². The number of nitrogens with zero attached hydrogens (tertiary/aromatic N) is 2. The molecular formula is C23H23ClN4O4. The molecule has 0 atom stereocenters. The minimum absolute atomic E-state index is 0.0537. The molecule has 1 saturated heterocycles. The molecule has 3 N–H and O–H groups in total. The highest BCUT2D eigenvalue weighted by Gasteiger charge is 2.23. The van der Waals surface area contributed by atoms with Crippen LogP contribution in [-0.2, 0) is 4.74 Å². The Morgan fingerprint density at radius 1 is 1.16 bits per heavy atom. The number of amides is 1. The summed E-state index contributed by atoms with van der Waals surface area (Å²) in [6.07, 6.45) is 4.72. The van der Waals surface area contributed by atoms with E-state index in [1.807, 2.05) is 12.1 Å². The SMILES string of the molecule is Nc1cccc(C(=O)c2ccc(Cl)o2)c1NC(=O)OCC1CCN(c2ccncc2)CC1. The van der Waals surface area contributed by atoms with Gasteiger partial charge in [0.15, 0.2) is 11.0 Å². The van der Waals surface area contributed by atoms with E-state index in [1.165, 1.54) is 12.1 Å². The van der Waals surface area contributed by atoms with Gasteiger partial charge in [0.2, 0.25) is 5.78 Å². The van der Waals surface area contributed by atoms with Gasteiger partial charge in [-0.3, -0.25) is 15.1 Å². The van der Waals surface area contributed by atoms with Gasteiger partial charge < -0.3 is 19.8 Å². The second-order valence-corrected chi connectivity index (χ2v) is 7.93. The van der Waals surface area contributed by atoms with Crippen LogP contribution in [-0.4, -0.2) is 36.6 Å². The number of ketones is 1. The van der Waals surface area contributed by atoms with Crippen LogP contribution in [0.15, 0.2) is 59.3 Å². The number of ether oxygens (including phenoxy) is 1. The minimum Gasteiger partial charge on any atom is -0.449 e. The summed E-state index contributed by atoms with van der Waals surface area (Å²) in [6.45, 7) is 2.06. The lowest BCUT2D eigenvalue weighted by Crippen LogP contribution is -2.35. The number of hydrogen-bond donors (Lipinski definition) is 2. The van der Waals surface area contributed by atoms with Crippen molar-refractivity contribution in [3.05, 3.63) is 71.4 Å². The van der Waals surface area contributed by atoms with Crippen molar-refractivity contribution in [2.75, 3.05) is 35.6 Å². The van der Waals surface area contributed by atoms with E-state index in [2.05, 4.69) is 15.2 Å². The van der Waals surface area contributed by atoms with Crippen molar-refractivity contribution < 1.29 is 18.7 Å². The zero-order valence-corrected chi connectivity index (χ0v) is 18.0. The molecule has 1 aliphatic heterocycles. The first-order valence-corrected chi connectivity index (χ1v) is 10.7. The predicted molar refractivity (Wildman–Crippen MR) is 122 cm³/mol. The van der Waals surface area contributed by atoms with Gasteiger partial charge in [-0.25, -0.2) is 4.79 Å². The maximum absolute atomic E-state index is 12.8. The van der Waals surface area contributed by atoms with E-state index in [4.69, 9.17) is 26.5 Å². The summed E-state index contributed by atoms with van der Waals surface area (Å²) in [4.78, 5) is 31.5. The molecule has 0 saturated carbocycles. The Morgan fingerprint density at radius 3 is 2.59 bits per heavy atom. The normalized spacial score (nSPS) is 14.2. The van der Waals surface area contributed by atoms with Crippen LogP contribution in [0.5, 0.6) is 0 Å². The summed E-state index contributed by atoms with van der Waals surface area (Å²) >= 11 is 5.77. The fourth-order valence-electron chi connectivity index (χ4n) is 3.71. The second kappa shape index (κ2) is 9.74. The van der Waals surface area contributed by atoms with E-state index < -0.39 is 11.9 Å². The van der Waals surface area contributed by atoms with Crippen LogP contribution in [0.25, 0.3) is 0 Å². The van der Waals surface area contributed by atoms with Gasteiger partial charge in [0, 0.05) is 31.2 Å². The van der Waals surface area contributed by atoms with E-state index in [-0.39, 0.29) is 33.8 Å². The number of anilines is 3. The average Bonchev–Trinajstić information content (AvgIpc) is 3.26. The number of nitrogen functional groups attached to an aromatic ring is 1. The summed E-state index contributed by atoms with van der Waals surface area (Å²) in [5, 5.41) is 2.71. The number of pyridine rings is 1. The zero-order chi connectivity index (χ0) is 22.5. The summed E-state index contributed by atoms with van der Waals surface area (Å²) in [7, 11) is 0. The second-order valence-electron chi connectivity index (χ2n) is 7.56. The number of aromatic nitrogens is 1. The topological polar surface area (TPSA) is 111 Å². The van der Waals surface area contributed by atoms with Gasteiger partial charge in [-0.15, -0.1) is 0 Å². The summed E-state index contributed by atoms with van der Waals surface area (Å²) < 4.78 is 10.6. The molecule has 2 aromatic heterocycles. The first kappa shape index (κ1) is 21.7. The molecule has 32 heavy (non-hydrogen) atoms. The zero-order valence-electron chi connectivity index (χ0n) is 17.3. The van der Waals surface area contributed by atoms with E-state index in [1.54, 1.807) is 30.6 Å². The Labute approximate surface area is 190 Å². The molecule has 0 aliphatic carbocycles. The van der Waals surface area contributed by atoms with Crippen LogP contribution in [0.3, 0.4) is 0 Å². The molecule has 0 spiro atoms. The summed E-state index contributed by atoms with van der Waals surface area (Å²) in [6, 6.07) is 11.7. The van der Waals surface area contributed by atoms with Crippen molar-refractivity contribution in [2.45, 2.75) is 12.8 Å². The highest BCUT2D eigenvalue weighted by molar-refractivity contribution is 6.29. The Balaban J connectivity index is 1.33. The van der Waals surface area contributed by atoms with Gasteiger partial charge in [0.1, 0.15) is 0 Å². The Bertz CT molecular complexity index is 1090. The van der Waals surface area contributed by atoms with Crippen LogP contribution in [0.1, 0.15) is 29.0 Å². The van der Waals surface area contributed by atoms with Gasteiger partial charge in [0.05, 0.1) is 23.5 Å². The number of halogens is 1. The molecule has 1 aliphatic rings. The summed E-state index contributed by atoms with van der Waals surface area (Å²) in [5.74, 6) is -0.126. The smallest absolute Gasteiger partial charge is 0.411 e. The molecule has 3 heterocycles. The van der Waals surface area contributed by atoms with Gasteiger partial charge in [0.25, 0.3) is 0 Å². The van der Waals surface area contributed by atoms with Crippen molar-refractivity contribution in [1.82, 2.24) is 4.98 Å². The first-order chi connectivity index (χ1) is 15.5. The van der Waals surface area contributed by atoms with Crippen molar-refractivity contribution >= 4 is 40.5 Å². The van der Waals surface area contributed by atoms with E-state index in [0.717, 1.165) is 31.6 Å². The first-order valence-electron chi connectivity index (χ1n) is 10.3. The predicted octanol–water partition coefficient (Wildman–Crippen LogP) is 4.61. The van der Waals surface area contributed by atoms with Crippen LogP contribution in [0.4, 0.5) is 21.9 Å². The van der Waals surface area contributed by atoms with Crippen LogP contribution in [0, 0.1) is 5.92 Å². The number of benzene rings is 1. The average molecular weight is 455 g/mol. The number of rotatable bonds is 6. The molecule has 9 heteroatoms. The Morgan fingerprint density at radius 2 is 1.91 bits per heavy atom. The fourth-order valence-corrected chi connectivity index (χ4v) is 3.86. The Kier molecular flexibility index (Phi) is 6.61. The van der Waals surface area contributed by atoms with E-state index in [0.29, 0.717) is 6.61 Å². The lowest BCUT2D eigenvalue weighted by molar-refractivity contribution is 0.101. The number of furan rings is 1. The molecule has 1 aromatic carbocycles. The van der Waals surface area contributed by atoms with Crippen molar-refractivity contribution in [1.29, 1.82) is 0 Å². The number of hydrogen-bond acceptors (Lipinski definition) is 7. The monoisotopic (exact) mass is 454 g/mol. The van der Waals surface area contributed by atoms with Gasteiger partial charge in [-0.1, -0.05) is 6.07 Å². The number of carbonyl (C=O) groups excluding carboxylic acids is 2. The highest BCUT2D eigenvalue weighted by Crippen LogP contribution is 2.28. The molecule has 0 bridgehead atoms. The molecule has 1 amide bonds. The molecule has 0 unspecified atom stereocenters. The van der Waals surface area contributed by atoms with Crippen molar-refractivity contribution in [2.24, 2.45) is 5.92 Å². The maximum Gasteiger partial charge on any atom is 0.411 e. The number of nitrogens with two attached hydrogens (primary N) is 1. The molecule has 8 nitrogen and oxygen atoms in total. The third-order valence-electron chi connectivity index (χ3n) is 5.46. The molecular weight excluding hydrogens is 432 g/mol. The third kappa shape index (κ3) is 5.03. The number of piperidine rings is 1. The Hall–Kier alpha value is -3.52. The number of carbonyl (C=O) groups is 2. The quantitative estimate of drug-likeness (QED) is 0.413. The molecule has 4 rings (SSSR count). The molecule has 1 fully saturated rings. The fraction of sp³-hybridized carbons (Fsp3) is 0.261. The third-order valence-corrected chi connectivity index (χ3v) is 5.66. The van der Waals surface area contributed by atoms with Crippen LogP contribution in [0.2, 0.25) is 5.22 Å². The van der Waals surface area contributed by atoms with Crippen LogP contribution >= 0.6 is 11.6 Å². The summed E-state index contributed by atoms with van der Waals surface area (Å²) in [5.41, 5.74) is 7.78. The minimum atomic E-state index is -0.661. The van der Waals surface area contributed by atoms with E-state index in [9.17, 15) is 9.59 Å². The van der Waals surface area contributed by atoms with Crippen molar-refractivity contribution in [3.63, 3.8) is 0 Å². The molecule has 3 aromatic rings. The standard InChI is InChI=1S/C23H23ClN4O4/c24-20-5-4-19(32-20)22(29)17-2-1-3-18(25)21(17)27-23(30)31-14-15-8-12-28(13-9-15)16-6-10-26-11-7-16/h1-7,10-11,15H,8-9,12-14,25H2,(H,27,30). The maximum atomic E-state index is 12.8.